The van der Waals surface area contributed by atoms with Crippen LogP contribution in [0.25, 0.3) is 10.6 Å². The van der Waals surface area contributed by atoms with Gasteiger partial charge < -0.3 is 9.42 Å². The molecule has 38 heavy (non-hydrogen) atoms. The van der Waals surface area contributed by atoms with Gasteiger partial charge in [0.1, 0.15) is 10.7 Å². The van der Waals surface area contributed by atoms with Crippen molar-refractivity contribution in [1.82, 2.24) is 15.1 Å². The fourth-order valence-corrected chi connectivity index (χ4v) is 8.66. The van der Waals surface area contributed by atoms with Gasteiger partial charge in [0, 0.05) is 40.2 Å². The Hall–Kier alpha value is -2.61. The summed E-state index contributed by atoms with van der Waals surface area (Å²) in [6, 6.07) is 8.24. The summed E-state index contributed by atoms with van der Waals surface area (Å²) in [7, 11) is 0. The molecule has 2 heterocycles. The lowest BCUT2D eigenvalue weighted by Gasteiger charge is -2.65. The Labute approximate surface area is 226 Å². The second-order valence-corrected chi connectivity index (χ2v) is 14.1. The number of alkyl halides is 1. The van der Waals surface area contributed by atoms with Crippen molar-refractivity contribution in [3.05, 3.63) is 47.1 Å². The van der Waals surface area contributed by atoms with Crippen LogP contribution in [-0.2, 0) is 10.2 Å². The molecule has 8 heteroatoms. The van der Waals surface area contributed by atoms with Crippen LogP contribution in [0.5, 0.6) is 0 Å². The van der Waals surface area contributed by atoms with E-state index in [1.54, 1.807) is 11.3 Å². The number of aryl methyl sites for hydroxylation is 1. The normalized spacial score (nSPS) is 35.0. The van der Waals surface area contributed by atoms with Crippen molar-refractivity contribution >= 4 is 22.9 Å². The molecule has 4 bridgehead atoms. The van der Waals surface area contributed by atoms with E-state index in [1.807, 2.05) is 24.0 Å². The molecule has 6 nitrogen and oxygen atoms in total. The van der Waals surface area contributed by atoms with Crippen LogP contribution in [-0.4, -0.2) is 33.2 Å². The molecule has 2 aromatic heterocycles. The molecular formula is C30H33FN4O2S. The Morgan fingerprint density at radius 3 is 2.47 bits per heavy atom. The Morgan fingerprint density at radius 2 is 1.84 bits per heavy atom. The first kappa shape index (κ1) is 23.3. The van der Waals surface area contributed by atoms with Gasteiger partial charge in [0.05, 0.1) is 5.41 Å². The molecule has 7 fully saturated rings. The van der Waals surface area contributed by atoms with Crippen LogP contribution >= 0.6 is 11.3 Å². The second kappa shape index (κ2) is 7.74. The number of hydrogen-bond acceptors (Lipinski definition) is 6. The number of aromatic nitrogens is 3. The van der Waals surface area contributed by atoms with Crippen LogP contribution in [0.3, 0.4) is 0 Å². The van der Waals surface area contributed by atoms with Crippen molar-refractivity contribution in [3.63, 3.8) is 0 Å². The number of benzene rings is 1. The highest BCUT2D eigenvalue weighted by molar-refractivity contribution is 7.13. The van der Waals surface area contributed by atoms with E-state index in [-0.39, 0.29) is 16.7 Å². The van der Waals surface area contributed by atoms with Crippen LogP contribution < -0.4 is 4.90 Å². The molecule has 10 rings (SSSR count). The van der Waals surface area contributed by atoms with E-state index < -0.39 is 11.1 Å². The number of anilines is 1. The number of amides is 1. The summed E-state index contributed by atoms with van der Waals surface area (Å²) >= 11 is 1.63. The lowest BCUT2D eigenvalue weighted by Crippen LogP contribution is -2.71. The number of halogens is 1. The van der Waals surface area contributed by atoms with Gasteiger partial charge in [-0.1, -0.05) is 17.3 Å². The zero-order chi connectivity index (χ0) is 25.8. The summed E-state index contributed by atoms with van der Waals surface area (Å²) < 4.78 is 20.3. The van der Waals surface area contributed by atoms with Crippen LogP contribution in [0.1, 0.15) is 94.0 Å². The standard InChI is InChI=1S/C30H33FN4O2S/c1-19-14-38-24(32-19)21-3-2-4-22(13-21)35(26(36)29-15-30(31,16-29)17-29)18-27-7-10-28(11-8-27,12-9-27)25-33-23(34-37-25)20-5-6-20/h2-4,13-14,20H,5-12,15-18H2,1H3. The van der Waals surface area contributed by atoms with Gasteiger partial charge in [-0.25, -0.2) is 9.37 Å². The first-order valence-electron chi connectivity index (χ1n) is 14.2. The molecule has 7 aliphatic rings. The SMILES string of the molecule is Cc1csc(-c2cccc(N(CC34CCC(c5nc(C6CC6)no5)(CC3)CC4)C(=O)C34CC(F)(C3)C4)c2)n1. The number of rotatable bonds is 7. The maximum Gasteiger partial charge on any atom is 0.233 e. The van der Waals surface area contributed by atoms with E-state index in [0.717, 1.165) is 72.2 Å². The molecule has 0 unspecified atom stereocenters. The minimum absolute atomic E-state index is 0.00614. The third kappa shape index (κ3) is 3.48. The van der Waals surface area contributed by atoms with E-state index in [9.17, 15) is 9.18 Å². The Morgan fingerprint density at radius 1 is 1.11 bits per heavy atom. The smallest absolute Gasteiger partial charge is 0.233 e. The van der Waals surface area contributed by atoms with Crippen LogP contribution in [0.15, 0.2) is 34.2 Å². The first-order chi connectivity index (χ1) is 18.3. The molecule has 0 N–H and O–H groups in total. The monoisotopic (exact) mass is 532 g/mol. The number of hydrogen-bond donors (Lipinski definition) is 0. The van der Waals surface area contributed by atoms with Crippen molar-refractivity contribution < 1.29 is 13.7 Å². The number of thiazole rings is 1. The molecule has 7 aliphatic carbocycles. The minimum Gasteiger partial charge on any atom is -0.339 e. The molecule has 198 valence electrons. The van der Waals surface area contributed by atoms with Crippen LogP contribution in [0.2, 0.25) is 0 Å². The van der Waals surface area contributed by atoms with E-state index in [4.69, 9.17) is 9.51 Å². The largest absolute Gasteiger partial charge is 0.339 e. The minimum atomic E-state index is -1.10. The first-order valence-corrected chi connectivity index (χ1v) is 15.0. The van der Waals surface area contributed by atoms with Gasteiger partial charge in [0.25, 0.3) is 0 Å². The van der Waals surface area contributed by atoms with Crippen LogP contribution in [0, 0.1) is 17.8 Å². The van der Waals surface area contributed by atoms with Crippen molar-refractivity contribution in [2.45, 2.75) is 94.6 Å². The topological polar surface area (TPSA) is 72.1 Å². The fourth-order valence-electron chi connectivity index (χ4n) is 7.87. The molecule has 3 aromatic rings. The van der Waals surface area contributed by atoms with Crippen molar-refractivity contribution in [3.8, 4) is 10.6 Å². The Bertz CT molecular complexity index is 1400. The predicted octanol–water partition coefficient (Wildman–Crippen LogP) is 6.90. The molecule has 7 saturated carbocycles. The van der Waals surface area contributed by atoms with Crippen molar-refractivity contribution in [2.75, 3.05) is 11.4 Å². The summed E-state index contributed by atoms with van der Waals surface area (Å²) in [4.78, 5) is 25.6. The maximum absolute atomic E-state index is 14.5. The summed E-state index contributed by atoms with van der Waals surface area (Å²) in [5, 5.41) is 7.33. The predicted molar refractivity (Wildman–Crippen MR) is 143 cm³/mol. The average molecular weight is 533 g/mol. The van der Waals surface area contributed by atoms with Gasteiger partial charge in [-0.3, -0.25) is 4.79 Å². The molecule has 0 saturated heterocycles. The molecule has 1 aromatic carbocycles. The highest BCUT2D eigenvalue weighted by Gasteiger charge is 2.73. The molecule has 0 atom stereocenters. The van der Waals surface area contributed by atoms with Crippen molar-refractivity contribution in [2.24, 2.45) is 10.8 Å². The number of nitrogens with zero attached hydrogens (tertiary/aromatic N) is 4. The quantitative estimate of drug-likeness (QED) is 0.331. The lowest BCUT2D eigenvalue weighted by atomic mass is 9.41. The molecule has 0 spiro atoms. The number of carbonyl (C=O) groups is 1. The zero-order valence-corrected chi connectivity index (χ0v) is 22.7. The second-order valence-electron chi connectivity index (χ2n) is 13.2. The summed E-state index contributed by atoms with van der Waals surface area (Å²) in [6.07, 6.45) is 9.72. The van der Waals surface area contributed by atoms with Gasteiger partial charge in [-0.15, -0.1) is 11.3 Å². The highest BCUT2D eigenvalue weighted by atomic mass is 32.1. The van der Waals surface area contributed by atoms with Gasteiger partial charge >= 0.3 is 0 Å². The Kier molecular flexibility index (Phi) is 4.74. The Balaban J connectivity index is 1.07. The fraction of sp³-hybridized carbons (Fsp3) is 0.600. The van der Waals surface area contributed by atoms with Crippen LogP contribution in [0.4, 0.5) is 10.1 Å². The van der Waals surface area contributed by atoms with Gasteiger partial charge in [0.2, 0.25) is 11.8 Å². The number of carbonyl (C=O) groups excluding carboxylic acids is 1. The van der Waals surface area contributed by atoms with Gasteiger partial charge in [0.15, 0.2) is 5.82 Å². The zero-order valence-electron chi connectivity index (χ0n) is 21.8. The highest BCUT2D eigenvalue weighted by Crippen LogP contribution is 2.70. The molecule has 0 radical (unpaired) electrons. The van der Waals surface area contributed by atoms with Crippen molar-refractivity contribution in [1.29, 1.82) is 0 Å². The summed E-state index contributed by atoms with van der Waals surface area (Å²) in [5.41, 5.74) is 1.41. The summed E-state index contributed by atoms with van der Waals surface area (Å²) in [5.74, 6) is 2.36. The third-order valence-electron chi connectivity index (χ3n) is 10.4. The van der Waals surface area contributed by atoms with E-state index in [1.165, 1.54) is 12.8 Å². The molecular weight excluding hydrogens is 499 g/mol. The van der Waals surface area contributed by atoms with E-state index >= 15 is 0 Å². The lowest BCUT2D eigenvalue weighted by molar-refractivity contribution is -0.211. The third-order valence-corrected chi connectivity index (χ3v) is 11.4. The number of fused-ring (bicyclic) bond motifs is 3. The molecule has 1 amide bonds. The van der Waals surface area contributed by atoms with E-state index in [0.29, 0.717) is 31.7 Å². The summed E-state index contributed by atoms with van der Waals surface area (Å²) in [6.45, 7) is 2.70. The average Bonchev–Trinajstić information content (AvgIpc) is 3.45. The molecule has 0 aliphatic heterocycles. The van der Waals surface area contributed by atoms with E-state index in [2.05, 4.69) is 27.7 Å². The van der Waals surface area contributed by atoms with Gasteiger partial charge in [-0.2, -0.15) is 4.98 Å². The maximum atomic E-state index is 14.5. The van der Waals surface area contributed by atoms with Gasteiger partial charge in [-0.05, 0) is 95.1 Å².